The van der Waals surface area contributed by atoms with Crippen LogP contribution in [0.15, 0.2) is 53.4 Å². The van der Waals surface area contributed by atoms with Crippen molar-refractivity contribution in [3.05, 3.63) is 64.7 Å². The standard InChI is InChI=1S/C27H34ClN3O2S/c28-25-6-10-27(11-7-25)34(32,33)30-26-8-4-21(5-9-26)12-15-31-16-13-22(14-17-31)18-23-2-1-3-24(19-23)20-29/h1-3,6-7,10-11,19,21-22,26,30H,4-5,8-9,12-18H2. The summed E-state index contributed by atoms with van der Waals surface area (Å²) in [6.07, 6.45) is 8.68. The third-order valence-corrected chi connectivity index (χ3v) is 9.22. The highest BCUT2D eigenvalue weighted by Crippen LogP contribution is 2.29. The summed E-state index contributed by atoms with van der Waals surface area (Å²) in [7, 11) is -3.49. The Labute approximate surface area is 209 Å². The summed E-state index contributed by atoms with van der Waals surface area (Å²) >= 11 is 5.88. The molecule has 0 radical (unpaired) electrons. The van der Waals surface area contributed by atoms with Crippen LogP contribution in [0.4, 0.5) is 0 Å². The Hall–Kier alpha value is -1.91. The topological polar surface area (TPSA) is 73.2 Å². The molecule has 34 heavy (non-hydrogen) atoms. The maximum absolute atomic E-state index is 12.6. The molecule has 0 amide bonds. The van der Waals surface area contributed by atoms with Crippen LogP contribution in [0.1, 0.15) is 56.1 Å². The minimum atomic E-state index is -3.49. The zero-order valence-electron chi connectivity index (χ0n) is 19.6. The predicted octanol–water partition coefficient (Wildman–Crippen LogP) is 5.39. The number of likely N-dealkylation sites (tertiary alicyclic amines) is 1. The van der Waals surface area contributed by atoms with E-state index < -0.39 is 10.0 Å². The molecule has 1 N–H and O–H groups in total. The molecular weight excluding hydrogens is 466 g/mol. The molecule has 7 heteroatoms. The van der Waals surface area contributed by atoms with Gasteiger partial charge in [-0.1, -0.05) is 23.7 Å². The van der Waals surface area contributed by atoms with Crippen molar-refractivity contribution in [1.29, 1.82) is 5.26 Å². The Morgan fingerprint density at radius 2 is 1.68 bits per heavy atom. The number of piperidine rings is 1. The van der Waals surface area contributed by atoms with Gasteiger partial charge in [0, 0.05) is 11.1 Å². The minimum absolute atomic E-state index is 0.0206. The minimum Gasteiger partial charge on any atom is -0.303 e. The molecule has 0 atom stereocenters. The van der Waals surface area contributed by atoms with Crippen molar-refractivity contribution in [3.8, 4) is 6.07 Å². The lowest BCUT2D eigenvalue weighted by molar-refractivity contribution is 0.165. The normalized spacial score (nSPS) is 22.4. The summed E-state index contributed by atoms with van der Waals surface area (Å²) in [5.41, 5.74) is 2.03. The van der Waals surface area contributed by atoms with E-state index in [1.807, 2.05) is 18.2 Å². The van der Waals surface area contributed by atoms with E-state index in [0.717, 1.165) is 57.3 Å². The van der Waals surface area contributed by atoms with E-state index in [1.54, 1.807) is 24.3 Å². The van der Waals surface area contributed by atoms with E-state index in [2.05, 4.69) is 21.8 Å². The van der Waals surface area contributed by atoms with Gasteiger partial charge >= 0.3 is 0 Å². The van der Waals surface area contributed by atoms with Crippen molar-refractivity contribution in [3.63, 3.8) is 0 Å². The fraction of sp³-hybridized carbons (Fsp3) is 0.519. The van der Waals surface area contributed by atoms with Gasteiger partial charge in [0.05, 0.1) is 16.5 Å². The summed E-state index contributed by atoms with van der Waals surface area (Å²) in [5, 5.41) is 9.63. The quantitative estimate of drug-likeness (QED) is 0.528. The number of benzene rings is 2. The van der Waals surface area contributed by atoms with Crippen LogP contribution in [0.5, 0.6) is 0 Å². The first-order valence-electron chi connectivity index (χ1n) is 12.4. The molecule has 4 rings (SSSR count). The number of hydrogen-bond donors (Lipinski definition) is 1. The number of nitriles is 1. The molecule has 1 saturated heterocycles. The predicted molar refractivity (Wildman–Crippen MR) is 136 cm³/mol. The highest BCUT2D eigenvalue weighted by molar-refractivity contribution is 7.89. The SMILES string of the molecule is N#Cc1cccc(CC2CCN(CCC3CCC(NS(=O)(=O)c4ccc(Cl)cc4)CC3)CC2)c1. The highest BCUT2D eigenvalue weighted by Gasteiger charge is 2.27. The van der Waals surface area contributed by atoms with Gasteiger partial charge < -0.3 is 4.90 Å². The molecule has 0 spiro atoms. The molecule has 1 heterocycles. The van der Waals surface area contributed by atoms with Gasteiger partial charge in [0.2, 0.25) is 10.0 Å². The lowest BCUT2D eigenvalue weighted by atomic mass is 9.84. The number of nitrogens with zero attached hydrogens (tertiary/aromatic N) is 2. The number of rotatable bonds is 8. The van der Waals surface area contributed by atoms with E-state index in [-0.39, 0.29) is 10.9 Å². The fourth-order valence-electron chi connectivity index (χ4n) is 5.35. The van der Waals surface area contributed by atoms with Crippen molar-refractivity contribution in [2.75, 3.05) is 19.6 Å². The Bertz CT molecular complexity index is 1080. The van der Waals surface area contributed by atoms with Crippen molar-refractivity contribution in [1.82, 2.24) is 9.62 Å². The lowest BCUT2D eigenvalue weighted by Crippen LogP contribution is -2.39. The van der Waals surface area contributed by atoms with Gasteiger partial charge in [0.1, 0.15) is 0 Å². The first-order valence-corrected chi connectivity index (χ1v) is 14.3. The highest BCUT2D eigenvalue weighted by atomic mass is 35.5. The average Bonchev–Trinajstić information content (AvgIpc) is 2.85. The van der Waals surface area contributed by atoms with Gasteiger partial charge in [-0.2, -0.15) is 5.26 Å². The molecule has 1 aliphatic heterocycles. The van der Waals surface area contributed by atoms with Crippen LogP contribution in [0, 0.1) is 23.2 Å². The maximum Gasteiger partial charge on any atom is 0.240 e. The first-order chi connectivity index (χ1) is 16.4. The van der Waals surface area contributed by atoms with E-state index in [0.29, 0.717) is 16.9 Å². The second-order valence-corrected chi connectivity index (χ2v) is 12.0. The summed E-state index contributed by atoms with van der Waals surface area (Å²) in [6.45, 7) is 3.44. The van der Waals surface area contributed by atoms with E-state index in [9.17, 15) is 8.42 Å². The number of nitrogens with one attached hydrogen (secondary N) is 1. The second-order valence-electron chi connectivity index (χ2n) is 9.88. The van der Waals surface area contributed by atoms with Crippen LogP contribution in [0.25, 0.3) is 0 Å². The van der Waals surface area contributed by atoms with E-state index in [1.165, 1.54) is 24.8 Å². The number of sulfonamides is 1. The fourth-order valence-corrected chi connectivity index (χ4v) is 6.78. The van der Waals surface area contributed by atoms with Crippen LogP contribution < -0.4 is 4.72 Å². The van der Waals surface area contributed by atoms with Gasteiger partial charge in [-0.05, 0) is 125 Å². The molecule has 1 aliphatic carbocycles. The van der Waals surface area contributed by atoms with Crippen molar-refractivity contribution in [2.24, 2.45) is 11.8 Å². The van der Waals surface area contributed by atoms with Crippen LogP contribution in [-0.4, -0.2) is 39.0 Å². The summed E-state index contributed by atoms with van der Waals surface area (Å²) in [4.78, 5) is 2.87. The van der Waals surface area contributed by atoms with Crippen LogP contribution in [0.3, 0.4) is 0 Å². The zero-order chi connectivity index (χ0) is 24.0. The lowest BCUT2D eigenvalue weighted by Gasteiger charge is -2.34. The Balaban J connectivity index is 1.14. The van der Waals surface area contributed by atoms with Gasteiger partial charge in [0.25, 0.3) is 0 Å². The number of halogens is 1. The maximum atomic E-state index is 12.6. The van der Waals surface area contributed by atoms with Crippen molar-refractivity contribution in [2.45, 2.75) is 62.3 Å². The third-order valence-electron chi connectivity index (χ3n) is 7.43. The van der Waals surface area contributed by atoms with E-state index >= 15 is 0 Å². The van der Waals surface area contributed by atoms with Crippen molar-refractivity contribution < 1.29 is 8.42 Å². The van der Waals surface area contributed by atoms with Gasteiger partial charge in [0.15, 0.2) is 0 Å². The van der Waals surface area contributed by atoms with Crippen LogP contribution in [-0.2, 0) is 16.4 Å². The average molecular weight is 500 g/mol. The molecule has 2 aromatic carbocycles. The van der Waals surface area contributed by atoms with Gasteiger partial charge in [-0.25, -0.2) is 13.1 Å². The summed E-state index contributed by atoms with van der Waals surface area (Å²) in [5.74, 6) is 1.39. The van der Waals surface area contributed by atoms with Crippen LogP contribution >= 0.6 is 11.6 Å². The molecule has 2 aromatic rings. The van der Waals surface area contributed by atoms with Crippen LogP contribution in [0.2, 0.25) is 5.02 Å². The molecule has 2 fully saturated rings. The summed E-state index contributed by atoms with van der Waals surface area (Å²) < 4.78 is 28.1. The Morgan fingerprint density at radius 1 is 0.971 bits per heavy atom. The second kappa shape index (κ2) is 11.7. The molecule has 1 saturated carbocycles. The van der Waals surface area contributed by atoms with Crippen molar-refractivity contribution >= 4 is 21.6 Å². The molecule has 0 aromatic heterocycles. The van der Waals surface area contributed by atoms with Gasteiger partial charge in [-0.15, -0.1) is 0 Å². The van der Waals surface area contributed by atoms with Gasteiger partial charge in [-0.3, -0.25) is 0 Å². The molecule has 182 valence electrons. The Morgan fingerprint density at radius 3 is 2.35 bits per heavy atom. The third kappa shape index (κ3) is 7.05. The first kappa shape index (κ1) is 25.2. The molecule has 0 unspecified atom stereocenters. The largest absolute Gasteiger partial charge is 0.303 e. The summed E-state index contributed by atoms with van der Waals surface area (Å²) in [6, 6.07) is 16.6. The molecular formula is C27H34ClN3O2S. The smallest absolute Gasteiger partial charge is 0.240 e. The molecule has 5 nitrogen and oxygen atoms in total. The number of hydrogen-bond acceptors (Lipinski definition) is 4. The molecule has 2 aliphatic rings. The Kier molecular flexibility index (Phi) is 8.65. The zero-order valence-corrected chi connectivity index (χ0v) is 21.2. The monoisotopic (exact) mass is 499 g/mol. The molecule has 0 bridgehead atoms. The van der Waals surface area contributed by atoms with E-state index in [4.69, 9.17) is 16.9 Å².